The first kappa shape index (κ1) is 17.2. The minimum atomic E-state index is -0.835. The lowest BCUT2D eigenvalue weighted by atomic mass is 9.83. The number of nitrogens with zero attached hydrogens (tertiary/aromatic N) is 3. The Morgan fingerprint density at radius 2 is 2.20 bits per heavy atom. The molecule has 25 heavy (non-hydrogen) atoms. The number of likely N-dealkylation sites (tertiary alicyclic amines) is 1. The zero-order valence-electron chi connectivity index (χ0n) is 14.3. The molecule has 0 unspecified atom stereocenters. The molecule has 1 amide bonds. The number of aromatic nitrogens is 2. The number of hydrogen-bond acceptors (Lipinski definition) is 3. The monoisotopic (exact) mass is 341 g/mol. The number of carbonyl (C=O) groups excluding carboxylic acids is 1. The second-order valence-corrected chi connectivity index (χ2v) is 6.58. The highest BCUT2D eigenvalue weighted by atomic mass is 16.4. The van der Waals surface area contributed by atoms with Gasteiger partial charge in [-0.2, -0.15) is 0 Å². The van der Waals surface area contributed by atoms with Gasteiger partial charge in [0.15, 0.2) is 0 Å². The van der Waals surface area contributed by atoms with Gasteiger partial charge in [-0.15, -0.1) is 0 Å². The molecule has 1 aliphatic heterocycles. The molecule has 1 aromatic carbocycles. The number of piperidine rings is 1. The summed E-state index contributed by atoms with van der Waals surface area (Å²) >= 11 is 0. The molecule has 1 aliphatic rings. The molecule has 1 aromatic heterocycles. The maximum atomic E-state index is 12.5. The zero-order valence-corrected chi connectivity index (χ0v) is 14.3. The Morgan fingerprint density at radius 1 is 1.36 bits per heavy atom. The summed E-state index contributed by atoms with van der Waals surface area (Å²) in [7, 11) is 0. The van der Waals surface area contributed by atoms with Crippen LogP contribution in [0.4, 0.5) is 0 Å². The molecule has 1 fully saturated rings. The number of aryl methyl sites for hydroxylation is 2. The second-order valence-electron chi connectivity index (χ2n) is 6.58. The maximum Gasteiger partial charge on any atom is 0.308 e. The molecular weight excluding hydrogens is 318 g/mol. The molecule has 0 radical (unpaired) electrons. The molecule has 2 heterocycles. The van der Waals surface area contributed by atoms with Crippen LogP contribution in [0.3, 0.4) is 0 Å². The van der Waals surface area contributed by atoms with Crippen molar-refractivity contribution in [3.8, 4) is 0 Å². The van der Waals surface area contributed by atoms with E-state index in [2.05, 4.69) is 4.98 Å². The molecule has 132 valence electrons. The summed E-state index contributed by atoms with van der Waals surface area (Å²) < 4.78 is 1.96. The van der Waals surface area contributed by atoms with Crippen molar-refractivity contribution in [2.24, 2.45) is 5.92 Å². The molecule has 2 atom stereocenters. The molecule has 0 saturated carbocycles. The van der Waals surface area contributed by atoms with E-state index in [1.807, 2.05) is 42.0 Å². The maximum absolute atomic E-state index is 12.5. The molecule has 0 bridgehead atoms. The zero-order chi connectivity index (χ0) is 17.8. The summed E-state index contributed by atoms with van der Waals surface area (Å²) in [4.78, 5) is 30.1. The third-order valence-corrected chi connectivity index (χ3v) is 4.78. The fourth-order valence-electron chi connectivity index (χ4n) is 3.58. The number of imidazole rings is 1. The van der Waals surface area contributed by atoms with Gasteiger partial charge in [0.25, 0.3) is 0 Å². The first-order chi connectivity index (χ1) is 12.1. The summed E-state index contributed by atoms with van der Waals surface area (Å²) in [6, 6.07) is 7.41. The standard InChI is InChI=1S/C19H23N3O3/c1-14-4-2-5-15(12-14)18-16(19(24)25)6-7-17(23)22(18)10-3-9-21-11-8-20-13-21/h2,4-5,8,11-13,16,18H,3,6-7,9-10H2,1H3,(H,24,25)/t16-,18+/m1/s1. The summed E-state index contributed by atoms with van der Waals surface area (Å²) in [5, 5.41) is 9.67. The highest BCUT2D eigenvalue weighted by Gasteiger charge is 2.40. The van der Waals surface area contributed by atoms with Gasteiger partial charge in [0.1, 0.15) is 0 Å². The lowest BCUT2D eigenvalue weighted by molar-refractivity contribution is -0.152. The summed E-state index contributed by atoms with van der Waals surface area (Å²) in [6.45, 7) is 3.27. The number of rotatable bonds is 6. The van der Waals surface area contributed by atoms with E-state index in [4.69, 9.17) is 0 Å². The number of benzene rings is 1. The fourth-order valence-corrected chi connectivity index (χ4v) is 3.58. The van der Waals surface area contributed by atoms with Crippen molar-refractivity contribution in [2.75, 3.05) is 6.54 Å². The van der Waals surface area contributed by atoms with E-state index in [1.54, 1.807) is 17.4 Å². The van der Waals surface area contributed by atoms with Crippen LogP contribution in [0.5, 0.6) is 0 Å². The molecule has 1 N–H and O–H groups in total. The van der Waals surface area contributed by atoms with Gasteiger partial charge in [-0.3, -0.25) is 9.59 Å². The third-order valence-electron chi connectivity index (χ3n) is 4.78. The quantitative estimate of drug-likeness (QED) is 0.876. The molecule has 2 aromatic rings. The van der Waals surface area contributed by atoms with Gasteiger partial charge < -0.3 is 14.6 Å². The average Bonchev–Trinajstić information content (AvgIpc) is 3.09. The van der Waals surface area contributed by atoms with Crippen LogP contribution < -0.4 is 0 Å². The van der Waals surface area contributed by atoms with Crippen LogP contribution in [0.15, 0.2) is 43.0 Å². The smallest absolute Gasteiger partial charge is 0.308 e. The van der Waals surface area contributed by atoms with E-state index >= 15 is 0 Å². The molecule has 6 heteroatoms. The van der Waals surface area contributed by atoms with E-state index in [1.165, 1.54) is 0 Å². The van der Waals surface area contributed by atoms with Gasteiger partial charge in [-0.1, -0.05) is 29.8 Å². The van der Waals surface area contributed by atoms with Crippen LogP contribution in [-0.4, -0.2) is 38.0 Å². The molecule has 0 spiro atoms. The number of carboxylic acid groups (broad SMARTS) is 1. The van der Waals surface area contributed by atoms with E-state index < -0.39 is 17.9 Å². The Hall–Kier alpha value is -2.63. The van der Waals surface area contributed by atoms with E-state index in [0.29, 0.717) is 19.4 Å². The summed E-state index contributed by atoms with van der Waals surface area (Å²) in [5.41, 5.74) is 1.97. The number of carboxylic acids is 1. The van der Waals surface area contributed by atoms with E-state index in [9.17, 15) is 14.7 Å². The van der Waals surface area contributed by atoms with Crippen molar-refractivity contribution in [2.45, 2.75) is 38.8 Å². The van der Waals surface area contributed by atoms with Crippen molar-refractivity contribution >= 4 is 11.9 Å². The first-order valence-electron chi connectivity index (χ1n) is 8.61. The molecular formula is C19H23N3O3. The number of aliphatic carboxylic acids is 1. The number of amides is 1. The second kappa shape index (κ2) is 7.51. The number of carbonyl (C=O) groups is 2. The van der Waals surface area contributed by atoms with Crippen LogP contribution >= 0.6 is 0 Å². The minimum Gasteiger partial charge on any atom is -0.481 e. The van der Waals surface area contributed by atoms with Crippen molar-refractivity contribution in [3.05, 3.63) is 54.1 Å². The van der Waals surface area contributed by atoms with Crippen molar-refractivity contribution in [1.29, 1.82) is 0 Å². The molecule has 0 aliphatic carbocycles. The van der Waals surface area contributed by atoms with Crippen LogP contribution in [0.25, 0.3) is 0 Å². The van der Waals surface area contributed by atoms with Crippen LogP contribution in [-0.2, 0) is 16.1 Å². The molecule has 1 saturated heterocycles. The van der Waals surface area contributed by atoms with E-state index in [0.717, 1.165) is 24.1 Å². The topological polar surface area (TPSA) is 75.4 Å². The van der Waals surface area contributed by atoms with Crippen molar-refractivity contribution in [1.82, 2.24) is 14.5 Å². The predicted octanol–water partition coefficient (Wildman–Crippen LogP) is 2.65. The first-order valence-corrected chi connectivity index (χ1v) is 8.61. The Bertz CT molecular complexity index is 742. The lowest BCUT2D eigenvalue weighted by Crippen LogP contribution is -2.45. The lowest BCUT2D eigenvalue weighted by Gasteiger charge is -2.40. The Labute approximate surface area is 147 Å². The van der Waals surface area contributed by atoms with Gasteiger partial charge >= 0.3 is 5.97 Å². The number of hydrogen-bond donors (Lipinski definition) is 1. The normalized spacial score (nSPS) is 20.7. The van der Waals surface area contributed by atoms with Gasteiger partial charge in [-0.05, 0) is 25.3 Å². The third kappa shape index (κ3) is 3.90. The SMILES string of the molecule is Cc1cccc([C@H]2[C@H](C(=O)O)CCC(=O)N2CCCn2ccnc2)c1. The van der Waals surface area contributed by atoms with Gasteiger partial charge in [0, 0.05) is 31.9 Å². The van der Waals surface area contributed by atoms with Gasteiger partial charge in [0.05, 0.1) is 18.3 Å². The highest BCUT2D eigenvalue weighted by molar-refractivity contribution is 5.81. The van der Waals surface area contributed by atoms with Gasteiger partial charge in [0.2, 0.25) is 5.91 Å². The summed E-state index contributed by atoms with van der Waals surface area (Å²) in [5.74, 6) is -1.36. The van der Waals surface area contributed by atoms with Crippen molar-refractivity contribution in [3.63, 3.8) is 0 Å². The fraction of sp³-hybridized carbons (Fsp3) is 0.421. The molecule has 6 nitrogen and oxygen atoms in total. The van der Waals surface area contributed by atoms with Crippen molar-refractivity contribution < 1.29 is 14.7 Å². The van der Waals surface area contributed by atoms with Gasteiger partial charge in [-0.25, -0.2) is 4.98 Å². The largest absolute Gasteiger partial charge is 0.481 e. The Balaban J connectivity index is 1.82. The minimum absolute atomic E-state index is 0.0367. The highest BCUT2D eigenvalue weighted by Crippen LogP contribution is 2.37. The molecule has 3 rings (SSSR count). The average molecular weight is 341 g/mol. The van der Waals surface area contributed by atoms with Crippen LogP contribution in [0.1, 0.15) is 36.4 Å². The predicted molar refractivity (Wildman–Crippen MR) is 92.8 cm³/mol. The Kier molecular flexibility index (Phi) is 5.16. The Morgan fingerprint density at radius 3 is 2.88 bits per heavy atom. The summed E-state index contributed by atoms with van der Waals surface area (Å²) in [6.07, 6.45) is 6.81. The van der Waals surface area contributed by atoms with Crippen LogP contribution in [0.2, 0.25) is 0 Å². The van der Waals surface area contributed by atoms with Crippen LogP contribution in [0, 0.1) is 12.8 Å². The van der Waals surface area contributed by atoms with E-state index in [-0.39, 0.29) is 5.91 Å².